The van der Waals surface area contributed by atoms with E-state index in [1.807, 2.05) is 0 Å². The number of aromatic hydroxyl groups is 1. The quantitative estimate of drug-likeness (QED) is 0.578. The second-order valence-corrected chi connectivity index (χ2v) is 7.91. The van der Waals surface area contributed by atoms with Gasteiger partial charge in [-0.3, -0.25) is 4.90 Å². The van der Waals surface area contributed by atoms with Crippen molar-refractivity contribution in [3.63, 3.8) is 0 Å². The van der Waals surface area contributed by atoms with E-state index < -0.39 is 0 Å². The number of likely N-dealkylation sites (N-methyl/N-ethyl adjacent to an activating group) is 1. The molecule has 2 aliphatic heterocycles. The fraction of sp³-hybridized carbons (Fsp3) is 0.529. The summed E-state index contributed by atoms with van der Waals surface area (Å²) in [6.45, 7) is 1.08. The maximum Gasteiger partial charge on any atom is 0.165 e. The lowest BCUT2D eigenvalue weighted by molar-refractivity contribution is 0.0549. The Kier molecular flexibility index (Phi) is 2.19. The van der Waals surface area contributed by atoms with Crippen molar-refractivity contribution in [2.24, 2.45) is 0 Å². The van der Waals surface area contributed by atoms with Gasteiger partial charge in [0.25, 0.3) is 0 Å². The maximum atomic E-state index is 10.3. The van der Waals surface area contributed by atoms with Crippen LogP contribution >= 0.6 is 15.9 Å². The van der Waals surface area contributed by atoms with Crippen molar-refractivity contribution in [1.82, 2.24) is 4.90 Å². The van der Waals surface area contributed by atoms with Gasteiger partial charge in [0.05, 0.1) is 15.8 Å². The molecule has 1 aromatic rings. The molecule has 110 valence electrons. The molecule has 0 unspecified atom stereocenters. The number of benzene rings is 1. The third kappa shape index (κ3) is 1.15. The summed E-state index contributed by atoms with van der Waals surface area (Å²) in [6, 6.07) is 3.89. The van der Waals surface area contributed by atoms with Crippen LogP contribution in [0.2, 0.25) is 0 Å². The Morgan fingerprint density at radius 2 is 2.24 bits per heavy atom. The van der Waals surface area contributed by atoms with E-state index in [4.69, 9.17) is 4.74 Å². The molecule has 1 N–H and O–H groups in total. The summed E-state index contributed by atoms with van der Waals surface area (Å²) in [6.07, 6.45) is 8.03. The normalized spacial score (nSPS) is 42.6. The largest absolute Gasteiger partial charge is 0.504 e. The van der Waals surface area contributed by atoms with Gasteiger partial charge in [0.1, 0.15) is 6.10 Å². The summed E-state index contributed by atoms with van der Waals surface area (Å²) < 4.78 is 6.32. The zero-order chi connectivity index (χ0) is 14.4. The van der Waals surface area contributed by atoms with E-state index in [1.165, 1.54) is 11.1 Å². The second kappa shape index (κ2) is 3.66. The van der Waals surface area contributed by atoms with Gasteiger partial charge in [0, 0.05) is 5.56 Å². The van der Waals surface area contributed by atoms with E-state index >= 15 is 0 Å². The van der Waals surface area contributed by atoms with E-state index in [-0.39, 0.29) is 21.9 Å². The number of halogens is 1. The minimum Gasteiger partial charge on any atom is -0.504 e. The first kappa shape index (κ1) is 12.5. The standard InChI is InChI=1S/C17H18BrNO2/c1-19-9-8-17-13-10-2-3-12(20)14(13)21-15(17)11(18)5-7-16(17,19)6-4-10/h2-3,5,7,11,15,20H,4,6,8-9H2,1H3/t11-,15+,16-,17-/m1/s1. The van der Waals surface area contributed by atoms with Gasteiger partial charge in [-0.2, -0.15) is 0 Å². The molecule has 1 saturated heterocycles. The van der Waals surface area contributed by atoms with Crippen molar-refractivity contribution < 1.29 is 9.84 Å². The number of phenols is 1. The van der Waals surface area contributed by atoms with Gasteiger partial charge in [-0.05, 0) is 44.5 Å². The zero-order valence-corrected chi connectivity index (χ0v) is 13.6. The van der Waals surface area contributed by atoms with Crippen LogP contribution in [0.1, 0.15) is 24.0 Å². The van der Waals surface area contributed by atoms with Crippen LogP contribution in [0.15, 0.2) is 24.3 Å². The second-order valence-electron chi connectivity index (χ2n) is 6.86. The van der Waals surface area contributed by atoms with Crippen molar-refractivity contribution in [3.05, 3.63) is 35.4 Å². The monoisotopic (exact) mass is 347 g/mol. The number of rotatable bonds is 0. The van der Waals surface area contributed by atoms with Crippen LogP contribution in [0.25, 0.3) is 0 Å². The Balaban J connectivity index is 1.89. The molecule has 1 fully saturated rings. The summed E-state index contributed by atoms with van der Waals surface area (Å²) in [4.78, 5) is 2.70. The van der Waals surface area contributed by atoms with E-state index in [0.29, 0.717) is 5.75 Å². The first-order valence-corrected chi connectivity index (χ1v) is 8.58. The number of ether oxygens (including phenoxy) is 1. The van der Waals surface area contributed by atoms with E-state index in [2.05, 4.69) is 46.1 Å². The molecule has 3 nitrogen and oxygen atoms in total. The highest BCUT2D eigenvalue weighted by Crippen LogP contribution is 2.66. The highest BCUT2D eigenvalue weighted by molar-refractivity contribution is 9.09. The third-order valence-corrected chi connectivity index (χ3v) is 7.10. The van der Waals surface area contributed by atoms with Crippen LogP contribution in [-0.4, -0.2) is 40.1 Å². The number of nitrogens with zero attached hydrogens (tertiary/aromatic N) is 1. The number of alkyl halides is 1. The van der Waals surface area contributed by atoms with Crippen LogP contribution < -0.4 is 4.74 Å². The minimum absolute atomic E-state index is 0.00762. The zero-order valence-electron chi connectivity index (χ0n) is 12.0. The first-order chi connectivity index (χ1) is 10.1. The fourth-order valence-electron chi connectivity index (χ4n) is 5.42. The SMILES string of the molecule is CN1CC[C@@]23c4c5ccc(O)c4O[C@H]2[C@H](Br)C=C[C@@]13CC5. The van der Waals surface area contributed by atoms with Gasteiger partial charge in [-0.1, -0.05) is 34.1 Å². The smallest absolute Gasteiger partial charge is 0.165 e. The molecule has 4 heteroatoms. The highest BCUT2D eigenvalue weighted by Gasteiger charge is 2.70. The number of hydrogen-bond donors (Lipinski definition) is 1. The summed E-state index contributed by atoms with van der Waals surface area (Å²) in [5.41, 5.74) is 2.70. The van der Waals surface area contributed by atoms with E-state index in [9.17, 15) is 5.11 Å². The molecule has 2 heterocycles. The minimum atomic E-state index is -0.00762. The molecule has 0 saturated carbocycles. The molecule has 1 spiro atoms. The summed E-state index contributed by atoms with van der Waals surface area (Å²) in [7, 11) is 2.23. The van der Waals surface area contributed by atoms with Crippen LogP contribution in [0.4, 0.5) is 0 Å². The Labute approximate surface area is 132 Å². The third-order valence-electron chi connectivity index (χ3n) is 6.32. The summed E-state index contributed by atoms with van der Waals surface area (Å²) in [5, 5.41) is 10.3. The average Bonchev–Trinajstić information content (AvgIpc) is 2.99. The van der Waals surface area contributed by atoms with E-state index in [0.717, 1.165) is 31.6 Å². The molecular formula is C17H18BrNO2. The molecule has 5 rings (SSSR count). The van der Waals surface area contributed by atoms with Crippen LogP contribution in [0.5, 0.6) is 11.5 Å². The van der Waals surface area contributed by atoms with Crippen LogP contribution in [0.3, 0.4) is 0 Å². The fourth-order valence-corrected chi connectivity index (χ4v) is 6.13. The van der Waals surface area contributed by atoms with Crippen molar-refractivity contribution in [2.45, 2.75) is 41.1 Å². The summed E-state index contributed by atoms with van der Waals surface area (Å²) in [5.74, 6) is 1.03. The molecule has 2 aliphatic carbocycles. The summed E-state index contributed by atoms with van der Waals surface area (Å²) >= 11 is 3.79. The molecule has 1 aromatic carbocycles. The number of aryl methyl sites for hydroxylation is 1. The average molecular weight is 348 g/mol. The van der Waals surface area contributed by atoms with Crippen molar-refractivity contribution >= 4 is 15.9 Å². The van der Waals surface area contributed by atoms with Crippen LogP contribution in [0, 0.1) is 0 Å². The lowest BCUT2D eigenvalue weighted by Gasteiger charge is -2.53. The maximum absolute atomic E-state index is 10.3. The lowest BCUT2D eigenvalue weighted by atomic mass is 9.55. The highest BCUT2D eigenvalue weighted by atomic mass is 79.9. The van der Waals surface area contributed by atoms with Crippen molar-refractivity contribution in [2.75, 3.05) is 13.6 Å². The topological polar surface area (TPSA) is 32.7 Å². The molecule has 4 atom stereocenters. The molecule has 4 aliphatic rings. The van der Waals surface area contributed by atoms with Gasteiger partial charge in [-0.25, -0.2) is 0 Å². The Bertz CT molecular complexity index is 688. The molecule has 0 bridgehead atoms. The number of hydrogen-bond acceptors (Lipinski definition) is 3. The van der Waals surface area contributed by atoms with Gasteiger partial charge in [-0.15, -0.1) is 0 Å². The first-order valence-electron chi connectivity index (χ1n) is 7.67. The predicted molar refractivity (Wildman–Crippen MR) is 84.4 cm³/mol. The van der Waals surface area contributed by atoms with Gasteiger partial charge >= 0.3 is 0 Å². The Morgan fingerprint density at radius 1 is 1.38 bits per heavy atom. The van der Waals surface area contributed by atoms with Gasteiger partial charge < -0.3 is 9.84 Å². The molecule has 0 radical (unpaired) electrons. The number of phenolic OH excluding ortho intramolecular Hbond substituents is 1. The van der Waals surface area contributed by atoms with Gasteiger partial charge in [0.2, 0.25) is 0 Å². The molecule has 0 aromatic heterocycles. The van der Waals surface area contributed by atoms with Gasteiger partial charge in [0.15, 0.2) is 11.5 Å². The lowest BCUT2D eigenvalue weighted by Crippen LogP contribution is -2.64. The van der Waals surface area contributed by atoms with Crippen molar-refractivity contribution in [1.29, 1.82) is 0 Å². The van der Waals surface area contributed by atoms with Crippen LogP contribution in [-0.2, 0) is 11.8 Å². The Hall–Kier alpha value is -1.00. The van der Waals surface area contributed by atoms with Crippen molar-refractivity contribution in [3.8, 4) is 11.5 Å². The molecule has 0 amide bonds. The molecular weight excluding hydrogens is 330 g/mol. The number of likely N-dealkylation sites (tertiary alicyclic amines) is 1. The van der Waals surface area contributed by atoms with E-state index in [1.54, 1.807) is 6.07 Å². The predicted octanol–water partition coefficient (Wildman–Crippen LogP) is 2.74. The molecule has 21 heavy (non-hydrogen) atoms. The Morgan fingerprint density at radius 3 is 3.10 bits per heavy atom.